The second-order valence-electron chi connectivity index (χ2n) is 4.80. The first kappa shape index (κ1) is 12.6. The molecule has 1 aliphatic rings. The fraction of sp³-hybridized carbons (Fsp3) is 0.615. The molecule has 1 atom stereocenters. The second-order valence-corrected chi connectivity index (χ2v) is 5.83. The summed E-state index contributed by atoms with van der Waals surface area (Å²) in [6.45, 7) is 2.59. The largest absolute Gasteiger partial charge is 0.342 e. The van der Waals surface area contributed by atoms with Crippen LogP contribution in [0.5, 0.6) is 0 Å². The SMILES string of the molecule is CC(Cc1cccs1)NCC(=O)N(C)C1CC1. The molecule has 1 fully saturated rings. The van der Waals surface area contributed by atoms with Crippen LogP contribution < -0.4 is 5.32 Å². The zero-order valence-corrected chi connectivity index (χ0v) is 11.3. The molecule has 1 aromatic heterocycles. The van der Waals surface area contributed by atoms with E-state index in [4.69, 9.17) is 0 Å². The molecular weight excluding hydrogens is 232 g/mol. The summed E-state index contributed by atoms with van der Waals surface area (Å²) >= 11 is 1.77. The van der Waals surface area contributed by atoms with Crippen LogP contribution in [0.15, 0.2) is 17.5 Å². The fourth-order valence-corrected chi connectivity index (χ4v) is 2.69. The molecule has 0 aromatic carbocycles. The van der Waals surface area contributed by atoms with Gasteiger partial charge in [0.2, 0.25) is 5.91 Å². The summed E-state index contributed by atoms with van der Waals surface area (Å²) in [5, 5.41) is 5.39. The summed E-state index contributed by atoms with van der Waals surface area (Å²) in [4.78, 5) is 15.0. The van der Waals surface area contributed by atoms with Gasteiger partial charge in [0.15, 0.2) is 0 Å². The first-order chi connectivity index (χ1) is 8.16. The Morgan fingerprint density at radius 1 is 1.65 bits per heavy atom. The number of rotatable bonds is 6. The van der Waals surface area contributed by atoms with Gasteiger partial charge >= 0.3 is 0 Å². The number of thiophene rings is 1. The molecule has 1 saturated carbocycles. The maximum Gasteiger partial charge on any atom is 0.236 e. The van der Waals surface area contributed by atoms with E-state index in [0.29, 0.717) is 18.6 Å². The van der Waals surface area contributed by atoms with E-state index < -0.39 is 0 Å². The van der Waals surface area contributed by atoms with Crippen LogP contribution in [0.25, 0.3) is 0 Å². The van der Waals surface area contributed by atoms with Crippen molar-refractivity contribution in [2.45, 2.75) is 38.3 Å². The highest BCUT2D eigenvalue weighted by Gasteiger charge is 2.29. The number of carbonyl (C=O) groups excluding carboxylic acids is 1. The van der Waals surface area contributed by atoms with Crippen molar-refractivity contribution >= 4 is 17.2 Å². The molecule has 1 N–H and O–H groups in total. The molecule has 4 heteroatoms. The average molecular weight is 252 g/mol. The quantitative estimate of drug-likeness (QED) is 0.838. The van der Waals surface area contributed by atoms with E-state index in [1.165, 1.54) is 17.7 Å². The first-order valence-electron chi connectivity index (χ1n) is 6.18. The van der Waals surface area contributed by atoms with Gasteiger partial charge < -0.3 is 10.2 Å². The summed E-state index contributed by atoms with van der Waals surface area (Å²) in [5.74, 6) is 0.213. The predicted molar refractivity (Wildman–Crippen MR) is 71.3 cm³/mol. The van der Waals surface area contributed by atoms with Gasteiger partial charge in [-0.05, 0) is 37.6 Å². The minimum absolute atomic E-state index is 0.213. The van der Waals surface area contributed by atoms with Gasteiger partial charge in [0.25, 0.3) is 0 Å². The Morgan fingerprint density at radius 3 is 3.00 bits per heavy atom. The smallest absolute Gasteiger partial charge is 0.236 e. The lowest BCUT2D eigenvalue weighted by molar-refractivity contribution is -0.129. The third-order valence-electron chi connectivity index (χ3n) is 3.18. The molecule has 0 spiro atoms. The molecule has 94 valence electrons. The van der Waals surface area contributed by atoms with Crippen LogP contribution in [0.1, 0.15) is 24.6 Å². The van der Waals surface area contributed by atoms with Crippen molar-refractivity contribution < 1.29 is 4.79 Å². The maximum atomic E-state index is 11.8. The summed E-state index contributed by atoms with van der Waals surface area (Å²) in [6.07, 6.45) is 3.35. The van der Waals surface area contributed by atoms with Crippen molar-refractivity contribution in [3.8, 4) is 0 Å². The van der Waals surface area contributed by atoms with Crippen molar-refractivity contribution in [2.24, 2.45) is 0 Å². The summed E-state index contributed by atoms with van der Waals surface area (Å²) in [5.41, 5.74) is 0. The highest BCUT2D eigenvalue weighted by Crippen LogP contribution is 2.25. The van der Waals surface area contributed by atoms with Gasteiger partial charge in [0.05, 0.1) is 6.54 Å². The Labute approximate surface area is 107 Å². The summed E-state index contributed by atoms with van der Waals surface area (Å²) in [6, 6.07) is 5.07. The van der Waals surface area contributed by atoms with E-state index in [1.54, 1.807) is 11.3 Å². The van der Waals surface area contributed by atoms with Crippen molar-refractivity contribution in [3.05, 3.63) is 22.4 Å². The molecule has 17 heavy (non-hydrogen) atoms. The Bertz CT molecular complexity index is 360. The predicted octanol–water partition coefficient (Wildman–Crippen LogP) is 1.89. The van der Waals surface area contributed by atoms with Crippen LogP contribution in [-0.4, -0.2) is 36.5 Å². The molecule has 1 unspecified atom stereocenters. The Morgan fingerprint density at radius 2 is 2.41 bits per heavy atom. The van der Waals surface area contributed by atoms with Gasteiger partial charge in [-0.15, -0.1) is 11.3 Å². The average Bonchev–Trinajstić information content (AvgIpc) is 3.05. The van der Waals surface area contributed by atoms with Gasteiger partial charge in [-0.1, -0.05) is 6.07 Å². The van der Waals surface area contributed by atoms with E-state index in [2.05, 4.69) is 29.8 Å². The minimum Gasteiger partial charge on any atom is -0.342 e. The topological polar surface area (TPSA) is 32.3 Å². The van der Waals surface area contributed by atoms with Crippen molar-refractivity contribution in [1.82, 2.24) is 10.2 Å². The molecule has 1 amide bonds. The van der Waals surface area contributed by atoms with Crippen molar-refractivity contribution in [1.29, 1.82) is 0 Å². The monoisotopic (exact) mass is 252 g/mol. The third-order valence-corrected chi connectivity index (χ3v) is 4.08. The Balaban J connectivity index is 1.68. The molecule has 0 bridgehead atoms. The number of likely N-dealkylation sites (N-methyl/N-ethyl adjacent to an activating group) is 1. The molecule has 2 rings (SSSR count). The zero-order chi connectivity index (χ0) is 12.3. The number of hydrogen-bond acceptors (Lipinski definition) is 3. The van der Waals surface area contributed by atoms with Crippen LogP contribution in [0.4, 0.5) is 0 Å². The van der Waals surface area contributed by atoms with Gasteiger partial charge in [-0.3, -0.25) is 4.79 Å². The number of hydrogen-bond donors (Lipinski definition) is 1. The van der Waals surface area contributed by atoms with Crippen molar-refractivity contribution in [3.63, 3.8) is 0 Å². The highest BCUT2D eigenvalue weighted by atomic mass is 32.1. The summed E-state index contributed by atoms with van der Waals surface area (Å²) < 4.78 is 0. The van der Waals surface area contributed by atoms with Gasteiger partial charge in [0.1, 0.15) is 0 Å². The van der Waals surface area contributed by atoms with Crippen LogP contribution in [0, 0.1) is 0 Å². The lowest BCUT2D eigenvalue weighted by Crippen LogP contribution is -2.40. The molecule has 0 saturated heterocycles. The molecule has 0 radical (unpaired) electrons. The van der Waals surface area contributed by atoms with E-state index in [-0.39, 0.29) is 5.91 Å². The zero-order valence-electron chi connectivity index (χ0n) is 10.5. The molecule has 3 nitrogen and oxygen atoms in total. The number of nitrogens with zero attached hydrogens (tertiary/aromatic N) is 1. The standard InChI is InChI=1S/C13H20N2OS/c1-10(8-12-4-3-7-17-12)14-9-13(16)15(2)11-5-6-11/h3-4,7,10-11,14H,5-6,8-9H2,1-2H3. The Kier molecular flexibility index (Phi) is 4.18. The number of amides is 1. The maximum absolute atomic E-state index is 11.8. The van der Waals surface area contributed by atoms with Crippen LogP contribution in [-0.2, 0) is 11.2 Å². The van der Waals surface area contributed by atoms with Crippen LogP contribution in [0.2, 0.25) is 0 Å². The molecule has 1 heterocycles. The third kappa shape index (κ3) is 3.82. The van der Waals surface area contributed by atoms with E-state index in [0.717, 1.165) is 6.42 Å². The minimum atomic E-state index is 0.213. The molecule has 1 aliphatic carbocycles. The summed E-state index contributed by atoms with van der Waals surface area (Å²) in [7, 11) is 1.91. The van der Waals surface area contributed by atoms with E-state index in [9.17, 15) is 4.79 Å². The second kappa shape index (κ2) is 5.65. The van der Waals surface area contributed by atoms with Gasteiger partial charge in [-0.25, -0.2) is 0 Å². The molecule has 0 aliphatic heterocycles. The van der Waals surface area contributed by atoms with Crippen molar-refractivity contribution in [2.75, 3.05) is 13.6 Å². The van der Waals surface area contributed by atoms with E-state index in [1.807, 2.05) is 11.9 Å². The van der Waals surface area contributed by atoms with Gasteiger partial charge in [0, 0.05) is 24.0 Å². The van der Waals surface area contributed by atoms with Gasteiger partial charge in [-0.2, -0.15) is 0 Å². The lowest BCUT2D eigenvalue weighted by atomic mass is 10.2. The molecule has 1 aromatic rings. The van der Waals surface area contributed by atoms with E-state index >= 15 is 0 Å². The number of carbonyl (C=O) groups is 1. The first-order valence-corrected chi connectivity index (χ1v) is 7.06. The normalized spacial score (nSPS) is 16.8. The number of nitrogens with one attached hydrogen (secondary N) is 1. The van der Waals surface area contributed by atoms with Crippen LogP contribution >= 0.6 is 11.3 Å². The molecular formula is C13H20N2OS. The highest BCUT2D eigenvalue weighted by molar-refractivity contribution is 7.09. The van der Waals surface area contributed by atoms with Crippen LogP contribution in [0.3, 0.4) is 0 Å². The fourth-order valence-electron chi connectivity index (χ4n) is 1.85. The lowest BCUT2D eigenvalue weighted by Gasteiger charge is -2.18. The Hall–Kier alpha value is -0.870.